The van der Waals surface area contributed by atoms with E-state index in [1.54, 1.807) is 0 Å². The van der Waals surface area contributed by atoms with E-state index in [1.807, 2.05) is 13.8 Å². The molecule has 3 heteroatoms. The van der Waals surface area contributed by atoms with Gasteiger partial charge in [0, 0.05) is 12.1 Å². The number of hydrogen-bond acceptors (Lipinski definition) is 2. The minimum absolute atomic E-state index is 0.101. The highest BCUT2D eigenvalue weighted by molar-refractivity contribution is 5.83. The standard InChI is InChI=1S/C15H32N2O/c1-8-15(9-2,11-16)12(18)17-14(6,7)10-13(3,4)5/h8-11,16H2,1-7H3,(H,17,18). The molecule has 0 aliphatic heterocycles. The molecule has 0 saturated carbocycles. The number of nitrogens with two attached hydrogens (primary N) is 1. The molecule has 0 aliphatic rings. The molecule has 1 amide bonds. The Kier molecular flexibility index (Phi) is 5.86. The zero-order valence-corrected chi connectivity index (χ0v) is 13.3. The summed E-state index contributed by atoms with van der Waals surface area (Å²) in [5, 5.41) is 3.19. The molecule has 3 nitrogen and oxygen atoms in total. The number of carbonyl (C=O) groups is 1. The Bertz CT molecular complexity index is 264. The molecular weight excluding hydrogens is 224 g/mol. The predicted octanol–water partition coefficient (Wildman–Crippen LogP) is 3.08. The second kappa shape index (κ2) is 6.05. The Morgan fingerprint density at radius 3 is 1.78 bits per heavy atom. The van der Waals surface area contributed by atoms with Crippen LogP contribution < -0.4 is 11.1 Å². The Hall–Kier alpha value is -0.570. The second-order valence-electron chi connectivity index (χ2n) is 7.27. The van der Waals surface area contributed by atoms with Crippen LogP contribution >= 0.6 is 0 Å². The van der Waals surface area contributed by atoms with Gasteiger partial charge in [-0.05, 0) is 38.5 Å². The molecule has 0 saturated heterocycles. The first kappa shape index (κ1) is 17.4. The SMILES string of the molecule is CCC(CC)(CN)C(=O)NC(C)(C)CC(C)(C)C. The van der Waals surface area contributed by atoms with Crippen molar-refractivity contribution in [3.05, 3.63) is 0 Å². The van der Waals surface area contributed by atoms with E-state index in [1.165, 1.54) is 0 Å². The predicted molar refractivity (Wildman–Crippen MR) is 78.4 cm³/mol. The third kappa shape index (κ3) is 4.97. The molecule has 0 radical (unpaired) electrons. The van der Waals surface area contributed by atoms with Crippen molar-refractivity contribution in [2.45, 2.75) is 73.3 Å². The summed E-state index contributed by atoms with van der Waals surface area (Å²) in [6, 6.07) is 0. The van der Waals surface area contributed by atoms with E-state index in [2.05, 4.69) is 39.9 Å². The van der Waals surface area contributed by atoms with Gasteiger partial charge < -0.3 is 11.1 Å². The molecule has 0 aromatic rings. The first-order chi connectivity index (χ1) is 8.02. The van der Waals surface area contributed by atoms with Crippen molar-refractivity contribution in [2.24, 2.45) is 16.6 Å². The third-order valence-electron chi connectivity index (χ3n) is 3.65. The maximum absolute atomic E-state index is 12.5. The number of amides is 1. The normalized spacial score (nSPS) is 13.6. The molecule has 0 fully saturated rings. The van der Waals surface area contributed by atoms with Crippen LogP contribution in [0.5, 0.6) is 0 Å². The van der Waals surface area contributed by atoms with Gasteiger partial charge in [-0.25, -0.2) is 0 Å². The second-order valence-corrected chi connectivity index (χ2v) is 7.27. The van der Waals surface area contributed by atoms with Gasteiger partial charge in [-0.3, -0.25) is 4.79 Å². The van der Waals surface area contributed by atoms with Crippen molar-refractivity contribution in [3.8, 4) is 0 Å². The van der Waals surface area contributed by atoms with Gasteiger partial charge in [-0.2, -0.15) is 0 Å². The lowest BCUT2D eigenvalue weighted by molar-refractivity contribution is -0.133. The largest absolute Gasteiger partial charge is 0.351 e. The summed E-state index contributed by atoms with van der Waals surface area (Å²) in [6.45, 7) is 15.2. The Labute approximate surface area is 113 Å². The summed E-state index contributed by atoms with van der Waals surface area (Å²) in [4.78, 5) is 12.5. The van der Waals surface area contributed by atoms with Crippen molar-refractivity contribution in [1.29, 1.82) is 0 Å². The molecule has 0 aliphatic carbocycles. The Morgan fingerprint density at radius 2 is 1.50 bits per heavy atom. The van der Waals surface area contributed by atoms with Crippen LogP contribution in [-0.2, 0) is 4.79 Å². The number of hydrogen-bond donors (Lipinski definition) is 2. The third-order valence-corrected chi connectivity index (χ3v) is 3.65. The van der Waals surface area contributed by atoms with Crippen LogP contribution in [0.2, 0.25) is 0 Å². The molecule has 0 aromatic carbocycles. The van der Waals surface area contributed by atoms with Crippen LogP contribution in [0.1, 0.15) is 67.7 Å². The smallest absolute Gasteiger partial charge is 0.227 e. The highest BCUT2D eigenvalue weighted by Gasteiger charge is 2.37. The first-order valence-electron chi connectivity index (χ1n) is 7.04. The zero-order valence-electron chi connectivity index (χ0n) is 13.3. The lowest BCUT2D eigenvalue weighted by Crippen LogP contribution is -2.53. The number of carbonyl (C=O) groups excluding carboxylic acids is 1. The van der Waals surface area contributed by atoms with Gasteiger partial charge in [-0.15, -0.1) is 0 Å². The molecule has 108 valence electrons. The van der Waals surface area contributed by atoms with E-state index < -0.39 is 5.41 Å². The molecular formula is C15H32N2O. The lowest BCUT2D eigenvalue weighted by atomic mass is 9.78. The van der Waals surface area contributed by atoms with Crippen molar-refractivity contribution in [1.82, 2.24) is 5.32 Å². The molecule has 18 heavy (non-hydrogen) atoms. The fourth-order valence-electron chi connectivity index (χ4n) is 2.76. The zero-order chi connectivity index (χ0) is 14.6. The summed E-state index contributed by atoms with van der Waals surface area (Å²) in [5.41, 5.74) is 5.41. The molecule has 0 heterocycles. The van der Waals surface area contributed by atoms with Crippen LogP contribution in [0.4, 0.5) is 0 Å². The summed E-state index contributed by atoms with van der Waals surface area (Å²) in [6.07, 6.45) is 2.52. The molecule has 0 bridgehead atoms. The highest BCUT2D eigenvalue weighted by Crippen LogP contribution is 2.30. The summed E-state index contributed by atoms with van der Waals surface area (Å²) in [5.74, 6) is 0.101. The monoisotopic (exact) mass is 256 g/mol. The van der Waals surface area contributed by atoms with Crippen LogP contribution in [0, 0.1) is 10.8 Å². The van der Waals surface area contributed by atoms with Gasteiger partial charge in [0.05, 0.1) is 5.41 Å². The van der Waals surface area contributed by atoms with Crippen LogP contribution in [-0.4, -0.2) is 18.0 Å². The lowest BCUT2D eigenvalue weighted by Gasteiger charge is -2.37. The van der Waals surface area contributed by atoms with E-state index in [0.29, 0.717) is 6.54 Å². The molecule has 0 atom stereocenters. The van der Waals surface area contributed by atoms with E-state index >= 15 is 0 Å². The molecule has 0 unspecified atom stereocenters. The van der Waals surface area contributed by atoms with Gasteiger partial charge in [-0.1, -0.05) is 34.6 Å². The Morgan fingerprint density at radius 1 is 1.06 bits per heavy atom. The number of nitrogens with one attached hydrogen (secondary N) is 1. The van der Waals surface area contributed by atoms with E-state index in [9.17, 15) is 4.79 Å². The fraction of sp³-hybridized carbons (Fsp3) is 0.933. The van der Waals surface area contributed by atoms with Crippen molar-refractivity contribution in [2.75, 3.05) is 6.54 Å². The quantitative estimate of drug-likeness (QED) is 0.767. The van der Waals surface area contributed by atoms with Crippen molar-refractivity contribution >= 4 is 5.91 Å². The maximum Gasteiger partial charge on any atom is 0.227 e. The van der Waals surface area contributed by atoms with Gasteiger partial charge >= 0.3 is 0 Å². The van der Waals surface area contributed by atoms with E-state index in [-0.39, 0.29) is 16.9 Å². The average molecular weight is 256 g/mol. The average Bonchev–Trinajstić information content (AvgIpc) is 2.16. The minimum atomic E-state index is -0.408. The van der Waals surface area contributed by atoms with Crippen molar-refractivity contribution in [3.63, 3.8) is 0 Å². The topological polar surface area (TPSA) is 55.1 Å². The summed E-state index contributed by atoms with van der Waals surface area (Å²) < 4.78 is 0. The number of rotatable bonds is 6. The van der Waals surface area contributed by atoms with Crippen LogP contribution in [0.15, 0.2) is 0 Å². The van der Waals surface area contributed by atoms with Gasteiger partial charge in [0.1, 0.15) is 0 Å². The fourth-order valence-corrected chi connectivity index (χ4v) is 2.76. The molecule has 0 aromatic heterocycles. The van der Waals surface area contributed by atoms with Crippen LogP contribution in [0.25, 0.3) is 0 Å². The summed E-state index contributed by atoms with van der Waals surface area (Å²) in [7, 11) is 0. The van der Waals surface area contributed by atoms with Crippen LogP contribution in [0.3, 0.4) is 0 Å². The molecule has 3 N–H and O–H groups in total. The first-order valence-corrected chi connectivity index (χ1v) is 7.04. The van der Waals surface area contributed by atoms with Gasteiger partial charge in [0.25, 0.3) is 0 Å². The van der Waals surface area contributed by atoms with Crippen molar-refractivity contribution < 1.29 is 4.79 Å². The van der Waals surface area contributed by atoms with E-state index in [0.717, 1.165) is 19.3 Å². The van der Waals surface area contributed by atoms with Gasteiger partial charge in [0.2, 0.25) is 5.91 Å². The van der Waals surface area contributed by atoms with Gasteiger partial charge in [0.15, 0.2) is 0 Å². The molecule has 0 spiro atoms. The minimum Gasteiger partial charge on any atom is -0.351 e. The maximum atomic E-state index is 12.5. The van der Waals surface area contributed by atoms with E-state index in [4.69, 9.17) is 5.73 Å². The summed E-state index contributed by atoms with van der Waals surface area (Å²) >= 11 is 0. The molecule has 0 rings (SSSR count). The Balaban J connectivity index is 4.83. The highest BCUT2D eigenvalue weighted by atomic mass is 16.2.